The van der Waals surface area contributed by atoms with E-state index in [1.807, 2.05) is 0 Å². The summed E-state index contributed by atoms with van der Waals surface area (Å²) in [5.74, 6) is 2.22. The molecule has 3 unspecified atom stereocenters. The Morgan fingerprint density at radius 3 is 1.22 bits per heavy atom. The Kier molecular flexibility index (Phi) is 116. The van der Waals surface area contributed by atoms with E-state index >= 15 is 0 Å². The molecular formula is C20H36Y12-4. The second-order valence-electron chi connectivity index (χ2n) is 8.81. The second-order valence-corrected chi connectivity index (χ2v) is 8.81. The first-order chi connectivity index (χ1) is 9.09. The molecule has 2 saturated carbocycles. The van der Waals surface area contributed by atoms with Crippen LogP contribution in [-0.4, -0.2) is 0 Å². The van der Waals surface area contributed by atoms with Gasteiger partial charge in [0.2, 0.25) is 0 Å². The van der Waals surface area contributed by atoms with Crippen LogP contribution in [0.3, 0.4) is 0 Å². The largest absolute Gasteiger partial charge is 0.369 e. The van der Waals surface area contributed by atoms with Crippen LogP contribution in [0.1, 0.15) is 73.6 Å². The summed E-state index contributed by atoms with van der Waals surface area (Å²) in [7, 11) is 0. The molecule has 2 fully saturated rings. The summed E-state index contributed by atoms with van der Waals surface area (Å²) in [6.07, 6.45) is 14.0. The quantitative estimate of drug-likeness (QED) is 0.271. The van der Waals surface area contributed by atoms with Crippen LogP contribution in [0.2, 0.25) is 0 Å². The topological polar surface area (TPSA) is 0 Å². The molecule has 2 aliphatic rings. The summed E-state index contributed by atoms with van der Waals surface area (Å²) in [6.45, 7) is 17.9. The smallest absolute Gasteiger partial charge is 0 e. The van der Waals surface area contributed by atoms with Crippen LogP contribution < -0.4 is 0 Å². The van der Waals surface area contributed by atoms with Crippen LogP contribution >= 0.6 is 0 Å². The van der Waals surface area contributed by atoms with E-state index in [0.717, 1.165) is 11.8 Å². The van der Waals surface area contributed by atoms with Crippen molar-refractivity contribution in [2.24, 2.45) is 28.6 Å². The fraction of sp³-hybridized carbons (Fsp3) is 0.800. The maximum Gasteiger partial charge on any atom is 0 e. The zero-order valence-electron chi connectivity index (χ0n) is 21.6. The molecule has 0 nitrogen and oxygen atoms in total. The molecule has 0 aliphatic heterocycles. The summed E-state index contributed by atoms with van der Waals surface area (Å²) in [6, 6.07) is 0. The fourth-order valence-electron chi connectivity index (χ4n) is 3.54. The fourth-order valence-corrected chi connectivity index (χ4v) is 3.54. The van der Waals surface area contributed by atoms with Crippen LogP contribution in [0, 0.1) is 54.8 Å². The van der Waals surface area contributed by atoms with Crippen molar-refractivity contribution in [1.29, 1.82) is 0 Å². The van der Waals surface area contributed by atoms with Crippen LogP contribution in [0.5, 0.6) is 0 Å². The summed E-state index contributed by atoms with van der Waals surface area (Å²) in [5.41, 5.74) is 0.866. The summed E-state index contributed by atoms with van der Waals surface area (Å²) in [4.78, 5) is 0. The van der Waals surface area contributed by atoms with Crippen molar-refractivity contribution in [1.82, 2.24) is 0 Å². The summed E-state index contributed by atoms with van der Waals surface area (Å²) < 4.78 is 0. The SMILES string of the molecule is CC(C)(C)[CH-]C1[CH-]CCC1.[CH2-]C1[CH-]CCC1C(C)(C)C.[Y].[Y].[Y].[Y].[Y].[Y].[Y].[Y].[Y].[Y].[Y].[Y]. The molecule has 0 bridgehead atoms. The summed E-state index contributed by atoms with van der Waals surface area (Å²) in [5, 5.41) is 0. The van der Waals surface area contributed by atoms with Crippen LogP contribution in [0.15, 0.2) is 0 Å². The normalized spacial score (nSPS) is 19.4. The number of hydrogen-bond donors (Lipinski definition) is 0. The van der Waals surface area contributed by atoms with Gasteiger partial charge in [0.15, 0.2) is 0 Å². The van der Waals surface area contributed by atoms with E-state index in [0.29, 0.717) is 16.7 Å². The minimum Gasteiger partial charge on any atom is -0.369 e. The molecule has 0 aromatic carbocycles. The van der Waals surface area contributed by atoms with Gasteiger partial charge in [0, 0.05) is 393 Å². The maximum absolute atomic E-state index is 4.13. The van der Waals surface area contributed by atoms with Gasteiger partial charge in [0.05, 0.1) is 0 Å². The Bertz CT molecular complexity index is 287. The number of hydrogen-bond acceptors (Lipinski definition) is 0. The van der Waals surface area contributed by atoms with Gasteiger partial charge in [-0.3, -0.25) is 11.8 Å². The standard InChI is InChI=1S/2C10H18.12Y/c1-8-6-5-7-9(8)10(2,3)4;1-10(2,3)8-9-6-4-5-7-9;;;;;;;;;;;;/h6,8-9H,1,5,7H2,2-4H3;6,8-9H,4-5,7H2,1-3H3;;;;;;;;;;;;/q2*-2;;;;;;;;;;;;. The minimum absolute atomic E-state index is 0. The molecule has 0 N–H and O–H groups in total. The van der Waals surface area contributed by atoms with Gasteiger partial charge in [-0.2, -0.15) is 18.3 Å². The van der Waals surface area contributed by atoms with Crippen molar-refractivity contribution in [2.45, 2.75) is 73.6 Å². The van der Waals surface area contributed by atoms with E-state index in [1.165, 1.54) is 32.1 Å². The van der Waals surface area contributed by atoms with Gasteiger partial charge in [-0.1, -0.05) is 60.3 Å². The Balaban J connectivity index is -0.0000000182. The van der Waals surface area contributed by atoms with Crippen LogP contribution in [-0.2, 0) is 393 Å². The van der Waals surface area contributed by atoms with Crippen LogP contribution in [0.25, 0.3) is 0 Å². The van der Waals surface area contributed by atoms with Gasteiger partial charge in [-0.05, 0) is 5.41 Å². The average Bonchev–Trinajstić information content (AvgIpc) is 2.86. The molecule has 0 heterocycles. The zero-order chi connectivity index (χ0) is 15.4. The molecule has 0 spiro atoms. The van der Waals surface area contributed by atoms with Crippen molar-refractivity contribution in [2.75, 3.05) is 0 Å². The molecular weight excluding hydrogens is 1310 g/mol. The number of rotatable bonds is 1. The third kappa shape index (κ3) is 45.4. The first kappa shape index (κ1) is 80.1. The second kappa shape index (κ2) is 46.4. The molecule has 3 atom stereocenters. The van der Waals surface area contributed by atoms with Gasteiger partial charge >= 0.3 is 0 Å². The molecule has 0 amide bonds. The molecule has 0 aromatic rings. The van der Waals surface area contributed by atoms with E-state index in [4.69, 9.17) is 0 Å². The van der Waals surface area contributed by atoms with E-state index in [1.54, 1.807) is 0 Å². The van der Waals surface area contributed by atoms with Crippen molar-refractivity contribution in [3.05, 3.63) is 26.2 Å². The van der Waals surface area contributed by atoms with E-state index in [-0.39, 0.29) is 393 Å². The van der Waals surface area contributed by atoms with Crippen molar-refractivity contribution in [3.8, 4) is 0 Å². The molecule has 0 aromatic heterocycles. The minimum atomic E-state index is 0. The van der Waals surface area contributed by atoms with E-state index in [9.17, 15) is 0 Å². The van der Waals surface area contributed by atoms with Crippen molar-refractivity contribution < 1.29 is 393 Å². The molecule has 0 saturated heterocycles. The van der Waals surface area contributed by atoms with Gasteiger partial charge in [0.1, 0.15) is 0 Å². The monoisotopic (exact) mass is 1340 g/mol. The molecule has 2 rings (SSSR count). The Hall–Kier alpha value is 13.2. The average molecular weight is 1340 g/mol. The molecule has 32 heavy (non-hydrogen) atoms. The predicted octanol–water partition coefficient (Wildman–Crippen LogP) is 6.31. The van der Waals surface area contributed by atoms with Crippen molar-refractivity contribution >= 4 is 0 Å². The van der Waals surface area contributed by atoms with Gasteiger partial charge in [-0.25, -0.2) is 0 Å². The molecule has 2 aliphatic carbocycles. The van der Waals surface area contributed by atoms with Crippen molar-refractivity contribution in [3.63, 3.8) is 0 Å². The third-order valence-electron chi connectivity index (χ3n) is 4.50. The third-order valence-corrected chi connectivity index (χ3v) is 4.50. The maximum atomic E-state index is 4.13. The van der Waals surface area contributed by atoms with Gasteiger partial charge in [-0.15, -0.1) is 6.42 Å². The Morgan fingerprint density at radius 1 is 0.625 bits per heavy atom. The molecule has 12 heteroatoms. The van der Waals surface area contributed by atoms with E-state index in [2.05, 4.69) is 67.7 Å². The predicted molar refractivity (Wildman–Crippen MR) is 90.7 cm³/mol. The first-order valence-corrected chi connectivity index (χ1v) is 8.45. The zero-order valence-corrected chi connectivity index (χ0v) is 55.7. The Morgan fingerprint density at radius 2 is 1.03 bits per heavy atom. The van der Waals surface area contributed by atoms with Gasteiger partial charge < -0.3 is 26.2 Å². The van der Waals surface area contributed by atoms with Gasteiger partial charge in [0.25, 0.3) is 0 Å². The molecule has 156 valence electrons. The van der Waals surface area contributed by atoms with Crippen LogP contribution in [0.4, 0.5) is 0 Å². The Labute approximate surface area is 505 Å². The molecule has 12 radical (unpaired) electrons. The van der Waals surface area contributed by atoms with E-state index < -0.39 is 0 Å². The summed E-state index contributed by atoms with van der Waals surface area (Å²) >= 11 is 0. The first-order valence-electron chi connectivity index (χ1n) is 8.45.